The minimum absolute atomic E-state index is 0.853. The molecule has 4 nitrogen and oxygen atoms in total. The minimum atomic E-state index is 0.853. The maximum atomic E-state index is 5.02. The van der Waals surface area contributed by atoms with E-state index >= 15 is 0 Å². The van der Waals surface area contributed by atoms with Crippen LogP contribution in [0.3, 0.4) is 0 Å². The smallest absolute Gasteiger partial charge is 0.146 e. The second-order valence-corrected chi connectivity index (χ2v) is 8.67. The number of hydrogen-bond donors (Lipinski definition) is 0. The Morgan fingerprint density at radius 1 is 0.417 bits per heavy atom. The van der Waals surface area contributed by atoms with Gasteiger partial charge in [-0.15, -0.1) is 0 Å². The van der Waals surface area contributed by atoms with Crippen molar-refractivity contribution in [1.29, 1.82) is 0 Å². The van der Waals surface area contributed by atoms with Crippen molar-refractivity contribution < 1.29 is 0 Å². The summed E-state index contributed by atoms with van der Waals surface area (Å²) >= 11 is 0. The summed E-state index contributed by atoms with van der Waals surface area (Å²) in [4.78, 5) is 10.0. The van der Waals surface area contributed by atoms with Crippen molar-refractivity contribution in [1.82, 2.24) is 19.1 Å². The molecule has 0 saturated heterocycles. The zero-order valence-electron chi connectivity index (χ0n) is 19.4. The average Bonchev–Trinajstić information content (AvgIpc) is 3.53. The van der Waals surface area contributed by atoms with E-state index in [1.165, 1.54) is 0 Å². The lowest BCUT2D eigenvalue weighted by Crippen LogP contribution is -1.99. The van der Waals surface area contributed by atoms with E-state index < -0.39 is 0 Å². The summed E-state index contributed by atoms with van der Waals surface area (Å²) in [5.74, 6) is 1.71. The molecule has 2 heterocycles. The van der Waals surface area contributed by atoms with Gasteiger partial charge in [-0.05, 0) is 48.5 Å². The molecule has 1 radical (unpaired) electrons. The topological polar surface area (TPSA) is 35.6 Å². The number of benzene rings is 5. The number of rotatable bonds is 4. The highest BCUT2D eigenvalue weighted by Gasteiger charge is 2.18. The van der Waals surface area contributed by atoms with Crippen molar-refractivity contribution in [3.05, 3.63) is 133 Å². The van der Waals surface area contributed by atoms with Crippen LogP contribution in [0.1, 0.15) is 0 Å². The van der Waals surface area contributed by atoms with Gasteiger partial charge in [-0.2, -0.15) is 0 Å². The van der Waals surface area contributed by atoms with Gasteiger partial charge in [0.25, 0.3) is 0 Å². The van der Waals surface area contributed by atoms with E-state index in [2.05, 4.69) is 118 Å². The first-order chi connectivity index (χ1) is 17.9. The van der Waals surface area contributed by atoms with Gasteiger partial charge in [0, 0.05) is 28.6 Å². The van der Waals surface area contributed by atoms with Crippen LogP contribution in [0.4, 0.5) is 0 Å². The first-order valence-corrected chi connectivity index (χ1v) is 12.0. The summed E-state index contributed by atoms with van der Waals surface area (Å²) in [6.45, 7) is 0. The van der Waals surface area contributed by atoms with Gasteiger partial charge in [0.05, 0.1) is 22.1 Å². The van der Waals surface area contributed by atoms with Crippen LogP contribution in [-0.4, -0.2) is 19.1 Å². The van der Waals surface area contributed by atoms with Gasteiger partial charge in [0.2, 0.25) is 0 Å². The third-order valence-corrected chi connectivity index (χ3v) is 6.43. The van der Waals surface area contributed by atoms with Gasteiger partial charge in [-0.25, -0.2) is 9.97 Å². The van der Waals surface area contributed by atoms with Crippen LogP contribution in [0.5, 0.6) is 0 Å². The van der Waals surface area contributed by atoms with Crippen molar-refractivity contribution in [3.63, 3.8) is 0 Å². The second-order valence-electron chi connectivity index (χ2n) is 8.67. The Morgan fingerprint density at radius 3 is 1.31 bits per heavy atom. The van der Waals surface area contributed by atoms with E-state index in [9.17, 15) is 0 Å². The summed E-state index contributed by atoms with van der Waals surface area (Å²) < 4.78 is 4.40. The molecular weight excluding hydrogens is 440 g/mol. The van der Waals surface area contributed by atoms with Crippen LogP contribution in [-0.2, 0) is 0 Å². The summed E-state index contributed by atoms with van der Waals surface area (Å²) in [5.41, 5.74) is 7.99. The monoisotopic (exact) mass is 461 g/mol. The number of fused-ring (bicyclic) bond motifs is 2. The molecular formula is C32H21N4. The third-order valence-electron chi connectivity index (χ3n) is 6.43. The molecule has 2 aromatic heterocycles. The van der Waals surface area contributed by atoms with Crippen molar-refractivity contribution >= 4 is 22.1 Å². The molecule has 0 atom stereocenters. The van der Waals surface area contributed by atoms with Crippen LogP contribution in [0.2, 0.25) is 0 Å². The lowest BCUT2D eigenvalue weighted by atomic mass is 10.1. The molecule has 0 unspecified atom stereocenters. The normalized spacial score (nSPS) is 11.3. The molecule has 36 heavy (non-hydrogen) atoms. The fourth-order valence-corrected chi connectivity index (χ4v) is 4.82. The first-order valence-electron chi connectivity index (χ1n) is 12.0. The fraction of sp³-hybridized carbons (Fsp3) is 0. The van der Waals surface area contributed by atoms with Crippen molar-refractivity contribution in [3.8, 4) is 34.2 Å². The Hall–Kier alpha value is -4.96. The molecule has 7 rings (SSSR count). The minimum Gasteiger partial charge on any atom is -0.292 e. The zero-order valence-corrected chi connectivity index (χ0v) is 19.4. The Kier molecular flexibility index (Phi) is 4.74. The first kappa shape index (κ1) is 20.4. The molecule has 0 N–H and O–H groups in total. The summed E-state index contributed by atoms with van der Waals surface area (Å²) in [6.07, 6.45) is 0. The quantitative estimate of drug-likeness (QED) is 0.272. The number of nitrogens with zero attached hydrogens (tertiary/aromatic N) is 4. The van der Waals surface area contributed by atoms with Crippen LogP contribution < -0.4 is 0 Å². The van der Waals surface area contributed by atoms with E-state index in [1.54, 1.807) is 0 Å². The summed E-state index contributed by atoms with van der Waals surface area (Å²) in [6, 6.07) is 47.0. The molecule has 0 saturated carbocycles. The predicted molar refractivity (Wildman–Crippen MR) is 145 cm³/mol. The highest BCUT2D eigenvalue weighted by atomic mass is 15.1. The molecule has 5 aromatic carbocycles. The SMILES string of the molecule is [c]1c(-c2nc3ccccc3n2-c2ccccc2)cccc1-c1nc2ccccc2n1-c1ccccc1. The number of imidazole rings is 2. The largest absolute Gasteiger partial charge is 0.292 e. The van der Waals surface area contributed by atoms with Gasteiger partial charge in [-0.3, -0.25) is 9.13 Å². The molecule has 0 amide bonds. The summed E-state index contributed by atoms with van der Waals surface area (Å²) in [7, 11) is 0. The van der Waals surface area contributed by atoms with Crippen molar-refractivity contribution in [2.24, 2.45) is 0 Å². The molecule has 0 aliphatic carbocycles. The predicted octanol–water partition coefficient (Wildman–Crippen LogP) is 7.50. The average molecular weight is 462 g/mol. The van der Waals surface area contributed by atoms with E-state index in [1.807, 2.05) is 24.3 Å². The van der Waals surface area contributed by atoms with E-state index in [0.29, 0.717) is 0 Å². The Labute approximate surface area is 208 Å². The maximum absolute atomic E-state index is 5.02. The maximum Gasteiger partial charge on any atom is 0.146 e. The van der Waals surface area contributed by atoms with Crippen molar-refractivity contribution in [2.75, 3.05) is 0 Å². The van der Waals surface area contributed by atoms with Crippen LogP contribution in [0.15, 0.2) is 127 Å². The Balaban J connectivity index is 1.46. The molecule has 0 aliphatic rings. The highest BCUT2D eigenvalue weighted by molar-refractivity contribution is 5.86. The van der Waals surface area contributed by atoms with Crippen molar-refractivity contribution in [2.45, 2.75) is 0 Å². The van der Waals surface area contributed by atoms with E-state index in [4.69, 9.17) is 9.97 Å². The van der Waals surface area contributed by atoms with Gasteiger partial charge >= 0.3 is 0 Å². The Bertz CT molecular complexity index is 1700. The Morgan fingerprint density at radius 2 is 0.833 bits per heavy atom. The van der Waals surface area contributed by atoms with Gasteiger partial charge in [0.15, 0.2) is 0 Å². The van der Waals surface area contributed by atoms with Gasteiger partial charge < -0.3 is 0 Å². The molecule has 0 fully saturated rings. The zero-order chi connectivity index (χ0) is 23.9. The van der Waals surface area contributed by atoms with Gasteiger partial charge in [-0.1, -0.05) is 78.9 Å². The molecule has 0 aliphatic heterocycles. The number of para-hydroxylation sites is 6. The lowest BCUT2D eigenvalue weighted by molar-refractivity contribution is 1.09. The highest BCUT2D eigenvalue weighted by Crippen LogP contribution is 2.33. The molecule has 7 aromatic rings. The van der Waals surface area contributed by atoms with Crippen LogP contribution in [0, 0.1) is 6.07 Å². The van der Waals surface area contributed by atoms with E-state index in [-0.39, 0.29) is 0 Å². The second kappa shape index (κ2) is 8.36. The van der Waals surface area contributed by atoms with Gasteiger partial charge in [0.1, 0.15) is 11.6 Å². The number of aromatic nitrogens is 4. The van der Waals surface area contributed by atoms with Crippen LogP contribution >= 0.6 is 0 Å². The fourth-order valence-electron chi connectivity index (χ4n) is 4.82. The summed E-state index contributed by atoms with van der Waals surface area (Å²) in [5, 5.41) is 0. The lowest BCUT2D eigenvalue weighted by Gasteiger charge is -2.12. The molecule has 0 spiro atoms. The van der Waals surface area contributed by atoms with E-state index in [0.717, 1.165) is 56.2 Å². The molecule has 4 heteroatoms. The standard InChI is InChI=1S/C32H21N4/c1-3-14-25(15-4-1)35-29-20-9-7-18-27(29)33-31(35)23-12-11-13-24(22-23)32-34-28-19-8-10-21-30(28)36(32)26-16-5-2-6-17-26/h1-21H. The third kappa shape index (κ3) is 3.31. The van der Waals surface area contributed by atoms with Crippen LogP contribution in [0.25, 0.3) is 56.2 Å². The number of hydrogen-bond acceptors (Lipinski definition) is 2. The molecule has 169 valence electrons. The molecule has 0 bridgehead atoms.